The van der Waals surface area contributed by atoms with Gasteiger partial charge in [0, 0.05) is 35.4 Å². The lowest BCUT2D eigenvalue weighted by Gasteiger charge is -2.48. The van der Waals surface area contributed by atoms with E-state index in [2.05, 4.69) is 0 Å². The number of ketones is 2. The monoisotopic (exact) mass is 397 g/mol. The molecule has 2 heterocycles. The van der Waals surface area contributed by atoms with E-state index in [1.54, 1.807) is 23.3 Å². The average Bonchev–Trinajstić information content (AvgIpc) is 3.07. The molecule has 1 aliphatic heterocycles. The highest BCUT2D eigenvalue weighted by Crippen LogP contribution is 2.54. The Kier molecular flexibility index (Phi) is 4.37. The van der Waals surface area contributed by atoms with E-state index in [1.807, 2.05) is 27.7 Å². The van der Waals surface area contributed by atoms with Crippen LogP contribution in [0.3, 0.4) is 0 Å². The van der Waals surface area contributed by atoms with Crippen LogP contribution in [0.1, 0.15) is 65.1 Å². The Bertz CT molecular complexity index is 907. The van der Waals surface area contributed by atoms with Crippen LogP contribution >= 0.6 is 0 Å². The topological polar surface area (TPSA) is 87.8 Å². The van der Waals surface area contributed by atoms with Crippen molar-refractivity contribution in [1.82, 2.24) is 4.90 Å². The molecule has 6 heteroatoms. The fourth-order valence-corrected chi connectivity index (χ4v) is 5.11. The molecule has 0 radical (unpaired) electrons. The molecule has 0 atom stereocenters. The van der Waals surface area contributed by atoms with Crippen molar-refractivity contribution < 1.29 is 23.9 Å². The van der Waals surface area contributed by atoms with Gasteiger partial charge in [0.2, 0.25) is 0 Å². The number of rotatable bonds is 3. The zero-order chi connectivity index (χ0) is 21.1. The van der Waals surface area contributed by atoms with Crippen LogP contribution < -0.4 is 0 Å². The molecule has 1 aromatic rings. The summed E-state index contributed by atoms with van der Waals surface area (Å²) >= 11 is 0. The third-order valence-corrected chi connectivity index (χ3v) is 6.14. The molecule has 29 heavy (non-hydrogen) atoms. The van der Waals surface area contributed by atoms with Crippen LogP contribution in [0.15, 0.2) is 45.4 Å². The molecule has 1 aromatic heterocycles. The molecule has 6 nitrogen and oxygen atoms in total. The quantitative estimate of drug-likeness (QED) is 0.828. The highest BCUT2D eigenvalue weighted by molar-refractivity contribution is 6.06. The molecule has 1 N–H and O–H groups in total. The van der Waals surface area contributed by atoms with Gasteiger partial charge in [-0.3, -0.25) is 14.4 Å². The molecular weight excluding hydrogens is 370 g/mol. The van der Waals surface area contributed by atoms with Crippen molar-refractivity contribution in [3.05, 3.63) is 46.7 Å². The van der Waals surface area contributed by atoms with Crippen LogP contribution in [0, 0.1) is 10.8 Å². The molecule has 154 valence electrons. The Morgan fingerprint density at radius 3 is 1.97 bits per heavy atom. The smallest absolute Gasteiger partial charge is 0.323 e. The molecule has 4 rings (SSSR count). The maximum absolute atomic E-state index is 13.3. The first-order valence-electron chi connectivity index (χ1n) is 10.0. The molecule has 0 saturated carbocycles. The number of hydrogen-bond acceptors (Lipinski definition) is 5. The van der Waals surface area contributed by atoms with Crippen LogP contribution in [0.5, 0.6) is 0 Å². The lowest BCUT2D eigenvalue weighted by atomic mass is 9.64. The van der Waals surface area contributed by atoms with Gasteiger partial charge in [0.15, 0.2) is 11.6 Å². The van der Waals surface area contributed by atoms with E-state index in [9.17, 15) is 19.5 Å². The molecule has 0 saturated heterocycles. The van der Waals surface area contributed by atoms with E-state index in [4.69, 9.17) is 4.42 Å². The third kappa shape index (κ3) is 3.34. The number of carboxylic acids is 1. The van der Waals surface area contributed by atoms with Gasteiger partial charge in [0.05, 0.1) is 12.2 Å². The Balaban J connectivity index is 1.99. The van der Waals surface area contributed by atoms with E-state index in [-0.39, 0.29) is 28.9 Å². The minimum Gasteiger partial charge on any atom is -0.480 e. The Morgan fingerprint density at radius 2 is 1.55 bits per heavy atom. The Morgan fingerprint density at radius 1 is 1.03 bits per heavy atom. The first-order chi connectivity index (χ1) is 13.5. The second kappa shape index (κ2) is 6.44. The van der Waals surface area contributed by atoms with Crippen LogP contribution in [0.25, 0.3) is 0 Å². The predicted molar refractivity (Wildman–Crippen MR) is 106 cm³/mol. The van der Waals surface area contributed by atoms with Crippen LogP contribution in [-0.2, 0) is 14.4 Å². The number of furan rings is 1. The second-order valence-corrected chi connectivity index (χ2v) is 10.0. The molecule has 2 aliphatic carbocycles. The van der Waals surface area contributed by atoms with Gasteiger partial charge in [0.1, 0.15) is 12.3 Å². The summed E-state index contributed by atoms with van der Waals surface area (Å²) in [6.45, 7) is 7.84. The average molecular weight is 397 g/mol. The zero-order valence-electron chi connectivity index (χ0n) is 17.4. The van der Waals surface area contributed by atoms with E-state index in [0.717, 1.165) is 11.4 Å². The SMILES string of the molecule is CC1(C)CC(=O)C2=C(C1)N(CC(=O)O)C1=C(C(=O)CC(C)(C)C1)C2c1ccco1. The van der Waals surface area contributed by atoms with Gasteiger partial charge < -0.3 is 14.4 Å². The molecule has 0 fully saturated rings. The van der Waals surface area contributed by atoms with Gasteiger partial charge in [0.25, 0.3) is 0 Å². The maximum Gasteiger partial charge on any atom is 0.323 e. The van der Waals surface area contributed by atoms with Crippen LogP contribution in [-0.4, -0.2) is 34.1 Å². The number of hydrogen-bond donors (Lipinski definition) is 1. The van der Waals surface area contributed by atoms with E-state index in [1.165, 1.54) is 0 Å². The van der Waals surface area contributed by atoms with Crippen molar-refractivity contribution in [3.63, 3.8) is 0 Å². The van der Waals surface area contributed by atoms with Crippen LogP contribution in [0.2, 0.25) is 0 Å². The number of nitrogens with zero attached hydrogens (tertiary/aromatic N) is 1. The van der Waals surface area contributed by atoms with Gasteiger partial charge in [-0.05, 0) is 35.8 Å². The summed E-state index contributed by atoms with van der Waals surface area (Å²) in [6, 6.07) is 3.56. The highest BCUT2D eigenvalue weighted by Gasteiger charge is 2.49. The van der Waals surface area contributed by atoms with Gasteiger partial charge in [-0.2, -0.15) is 0 Å². The summed E-state index contributed by atoms with van der Waals surface area (Å²) in [4.78, 5) is 40.0. The van der Waals surface area contributed by atoms with Gasteiger partial charge in [-0.1, -0.05) is 27.7 Å². The summed E-state index contributed by atoms with van der Waals surface area (Å²) in [5.41, 5.74) is 2.00. The van der Waals surface area contributed by atoms with Crippen molar-refractivity contribution in [2.24, 2.45) is 10.8 Å². The molecule has 0 aromatic carbocycles. The number of allylic oxidation sites excluding steroid dienone is 4. The lowest BCUT2D eigenvalue weighted by molar-refractivity contribution is -0.138. The molecular formula is C23H27NO5. The number of carbonyl (C=O) groups is 3. The molecule has 0 spiro atoms. The van der Waals surface area contributed by atoms with Gasteiger partial charge in [-0.25, -0.2) is 0 Å². The minimum atomic E-state index is -0.980. The van der Waals surface area contributed by atoms with E-state index in [0.29, 0.717) is 42.6 Å². The zero-order valence-corrected chi connectivity index (χ0v) is 17.4. The van der Waals surface area contributed by atoms with Crippen molar-refractivity contribution in [3.8, 4) is 0 Å². The normalized spacial score (nSPS) is 23.9. The lowest BCUT2D eigenvalue weighted by Crippen LogP contribution is -2.45. The molecule has 0 unspecified atom stereocenters. The van der Waals surface area contributed by atoms with Gasteiger partial charge >= 0.3 is 5.97 Å². The van der Waals surface area contributed by atoms with Crippen molar-refractivity contribution in [2.75, 3.05) is 6.54 Å². The summed E-state index contributed by atoms with van der Waals surface area (Å²) in [7, 11) is 0. The minimum absolute atomic E-state index is 0.0303. The standard InChI is InChI=1S/C23H27NO5/c1-22(2)8-13-19(15(25)10-22)21(17-6-5-7-29-17)20-14(24(13)12-18(27)28)9-23(3,4)11-16(20)26/h5-7,21H,8-12H2,1-4H3,(H,27,28). The molecule has 3 aliphatic rings. The van der Waals surface area contributed by atoms with E-state index >= 15 is 0 Å². The fraction of sp³-hybridized carbons (Fsp3) is 0.522. The largest absolute Gasteiger partial charge is 0.480 e. The Hall–Kier alpha value is -2.63. The Labute approximate surface area is 170 Å². The summed E-state index contributed by atoms with van der Waals surface area (Å²) in [5.74, 6) is -1.02. The van der Waals surface area contributed by atoms with Crippen LogP contribution in [0.4, 0.5) is 0 Å². The first kappa shape index (κ1) is 19.7. The fourth-order valence-electron chi connectivity index (χ4n) is 5.11. The van der Waals surface area contributed by atoms with Gasteiger partial charge in [-0.15, -0.1) is 0 Å². The maximum atomic E-state index is 13.3. The molecule has 0 amide bonds. The third-order valence-electron chi connectivity index (χ3n) is 6.14. The summed E-state index contributed by atoms with van der Waals surface area (Å²) in [6.07, 6.45) is 3.46. The second-order valence-electron chi connectivity index (χ2n) is 10.0. The number of aliphatic carboxylic acids is 1. The highest BCUT2D eigenvalue weighted by atomic mass is 16.4. The van der Waals surface area contributed by atoms with Crippen molar-refractivity contribution in [2.45, 2.75) is 59.3 Å². The van der Waals surface area contributed by atoms with Crippen molar-refractivity contribution >= 4 is 17.5 Å². The number of Topliss-reactive ketones (excluding diaryl/α,β-unsaturated/α-hetero) is 2. The number of carboxylic acid groups (broad SMARTS) is 1. The van der Waals surface area contributed by atoms with E-state index < -0.39 is 11.9 Å². The summed E-state index contributed by atoms with van der Waals surface area (Å²) in [5, 5.41) is 9.61. The molecule has 0 bridgehead atoms. The first-order valence-corrected chi connectivity index (χ1v) is 10.0. The van der Waals surface area contributed by atoms with Crippen molar-refractivity contribution in [1.29, 1.82) is 0 Å². The number of carbonyl (C=O) groups excluding carboxylic acids is 2. The summed E-state index contributed by atoms with van der Waals surface area (Å²) < 4.78 is 5.68. The predicted octanol–water partition coefficient (Wildman–Crippen LogP) is 4.05.